The maximum absolute atomic E-state index is 12.6. The van der Waals surface area contributed by atoms with Gasteiger partial charge >= 0.3 is 11.9 Å². The molecule has 0 amide bonds. The van der Waals surface area contributed by atoms with Crippen LogP contribution in [0.25, 0.3) is 0 Å². The molecular weight excluding hydrogens is 512 g/mol. The Labute approximate surface area is 230 Å². The van der Waals surface area contributed by atoms with Crippen LogP contribution in [0.3, 0.4) is 0 Å². The number of rotatable bonds is 8. The van der Waals surface area contributed by atoms with Gasteiger partial charge in [0, 0.05) is 0 Å². The van der Waals surface area contributed by atoms with E-state index in [0.717, 1.165) is 11.5 Å². The summed E-state index contributed by atoms with van der Waals surface area (Å²) in [5.41, 5.74) is 0. The fourth-order valence-electron chi connectivity index (χ4n) is 3.45. The van der Waals surface area contributed by atoms with E-state index >= 15 is 0 Å². The van der Waals surface area contributed by atoms with Crippen LogP contribution >= 0.6 is 0 Å². The van der Waals surface area contributed by atoms with Crippen LogP contribution in [0.1, 0.15) is 54.4 Å². The largest absolute Gasteiger partial charge is 0.543 e. The van der Waals surface area contributed by atoms with Gasteiger partial charge in [-0.2, -0.15) is 0 Å². The van der Waals surface area contributed by atoms with Gasteiger partial charge in [-0.25, -0.2) is 0 Å². The first-order valence-electron chi connectivity index (χ1n) is 13.4. The fourth-order valence-corrected chi connectivity index (χ4v) is 5.51. The average molecular weight is 557 g/mol. The number of esters is 2. The second-order valence-electron chi connectivity index (χ2n) is 13.4. The first-order chi connectivity index (χ1) is 17.4. The third kappa shape index (κ3) is 7.29. The molecule has 0 atom stereocenters. The molecule has 0 spiro atoms. The topological polar surface area (TPSA) is 71.1 Å². The minimum absolute atomic E-state index is 0.0998. The molecule has 2 aromatic carbocycles. The van der Waals surface area contributed by atoms with E-state index in [1.54, 1.807) is 24.3 Å². The summed E-state index contributed by atoms with van der Waals surface area (Å²) >= 11 is 0. The smallest absolute Gasteiger partial charge is 0.314 e. The molecule has 6 nitrogen and oxygen atoms in total. The Balaban J connectivity index is 1.46. The third-order valence-corrected chi connectivity index (χ3v) is 17.0. The Hall–Kier alpha value is -2.59. The van der Waals surface area contributed by atoms with Gasteiger partial charge in [-0.1, -0.05) is 41.5 Å². The highest BCUT2D eigenvalue weighted by atomic mass is 28.4. The predicted octanol–water partition coefficient (Wildman–Crippen LogP) is 7.99. The summed E-state index contributed by atoms with van der Waals surface area (Å²) in [4.78, 5) is 25.2. The molecule has 0 bridgehead atoms. The first-order valence-corrected chi connectivity index (χ1v) is 19.2. The van der Waals surface area contributed by atoms with Crippen LogP contribution in [0.5, 0.6) is 23.0 Å². The van der Waals surface area contributed by atoms with Crippen LogP contribution < -0.4 is 18.3 Å². The van der Waals surface area contributed by atoms with Gasteiger partial charge in [0.15, 0.2) is 0 Å². The zero-order chi connectivity index (χ0) is 28.5. The van der Waals surface area contributed by atoms with Crippen LogP contribution in [0.15, 0.2) is 48.5 Å². The van der Waals surface area contributed by atoms with E-state index in [2.05, 4.69) is 67.7 Å². The number of hydrogen-bond acceptors (Lipinski definition) is 6. The van der Waals surface area contributed by atoms with E-state index < -0.39 is 16.6 Å². The summed E-state index contributed by atoms with van der Waals surface area (Å²) in [5, 5.41) is 0.200. The number of ether oxygens (including phenoxy) is 2. The van der Waals surface area contributed by atoms with Gasteiger partial charge in [0.1, 0.15) is 23.0 Å². The van der Waals surface area contributed by atoms with Crippen molar-refractivity contribution in [2.75, 3.05) is 0 Å². The maximum atomic E-state index is 12.6. The Morgan fingerprint density at radius 1 is 0.579 bits per heavy atom. The van der Waals surface area contributed by atoms with Crippen molar-refractivity contribution < 1.29 is 27.9 Å². The van der Waals surface area contributed by atoms with E-state index in [9.17, 15) is 9.59 Å². The summed E-state index contributed by atoms with van der Waals surface area (Å²) in [6.45, 7) is 21.9. The van der Waals surface area contributed by atoms with Crippen LogP contribution in [-0.2, 0) is 9.59 Å². The molecule has 1 fully saturated rings. The van der Waals surface area contributed by atoms with E-state index in [1.165, 1.54) is 0 Å². The van der Waals surface area contributed by atoms with Gasteiger partial charge < -0.3 is 18.3 Å². The van der Waals surface area contributed by atoms with Crippen molar-refractivity contribution in [3.8, 4) is 23.0 Å². The lowest BCUT2D eigenvalue weighted by Gasteiger charge is -2.36. The van der Waals surface area contributed by atoms with Gasteiger partial charge in [0.25, 0.3) is 0 Å². The van der Waals surface area contributed by atoms with E-state index in [4.69, 9.17) is 18.3 Å². The van der Waals surface area contributed by atoms with E-state index in [0.29, 0.717) is 24.3 Å². The summed E-state index contributed by atoms with van der Waals surface area (Å²) in [5.74, 6) is 1.25. The summed E-state index contributed by atoms with van der Waals surface area (Å²) in [7, 11) is -3.86. The number of hydrogen-bond donors (Lipinski definition) is 0. The molecule has 0 aliphatic heterocycles. The molecule has 3 rings (SSSR count). The highest BCUT2D eigenvalue weighted by Crippen LogP contribution is 2.40. The number of benzene rings is 2. The third-order valence-electron chi connectivity index (χ3n) is 8.25. The SMILES string of the molecule is CC(C)(C)[Si](C)(C)Oc1ccc(OC(=O)C2CC(C(=O)Oc3ccc(O[Si](C)(C)C(C)(C)C)cc3)C2)cc1. The first kappa shape index (κ1) is 30.0. The standard InChI is InChI=1S/C30H44O6Si2/c1-29(2,3)37(7,8)35-25-15-11-23(12-16-25)33-27(31)21-19-22(20-21)28(32)34-24-13-17-26(18-14-24)36-38(9,10)30(4,5)6/h11-18,21-22H,19-20H2,1-10H3. The lowest BCUT2D eigenvalue weighted by Crippen LogP contribution is -2.43. The Morgan fingerprint density at radius 3 is 1.11 bits per heavy atom. The number of carbonyl (C=O) groups excluding carboxylic acids is 2. The lowest BCUT2D eigenvalue weighted by molar-refractivity contribution is -0.151. The minimum atomic E-state index is -1.93. The molecule has 38 heavy (non-hydrogen) atoms. The highest BCUT2D eigenvalue weighted by Gasteiger charge is 2.42. The van der Waals surface area contributed by atoms with Crippen LogP contribution in [-0.4, -0.2) is 28.6 Å². The molecule has 0 radical (unpaired) electrons. The molecule has 1 aliphatic carbocycles. The van der Waals surface area contributed by atoms with E-state index in [-0.39, 0.29) is 33.9 Å². The van der Waals surface area contributed by atoms with Crippen LogP contribution in [0.4, 0.5) is 0 Å². The number of carbonyl (C=O) groups is 2. The Morgan fingerprint density at radius 2 is 0.842 bits per heavy atom. The fraction of sp³-hybridized carbons (Fsp3) is 0.533. The zero-order valence-electron chi connectivity index (χ0n) is 24.6. The molecule has 0 aromatic heterocycles. The average Bonchev–Trinajstić information content (AvgIpc) is 2.73. The molecule has 1 saturated carbocycles. The normalized spacial score (nSPS) is 18.3. The van der Waals surface area contributed by atoms with E-state index in [1.807, 2.05) is 24.3 Å². The zero-order valence-corrected chi connectivity index (χ0v) is 26.6. The molecule has 208 valence electrons. The van der Waals surface area contributed by atoms with Gasteiger partial charge in [0.05, 0.1) is 11.8 Å². The van der Waals surface area contributed by atoms with Crippen molar-refractivity contribution in [3.63, 3.8) is 0 Å². The minimum Gasteiger partial charge on any atom is -0.543 e. The van der Waals surface area contributed by atoms with Crippen molar-refractivity contribution in [1.82, 2.24) is 0 Å². The second-order valence-corrected chi connectivity index (χ2v) is 22.8. The second kappa shape index (κ2) is 10.9. The van der Waals surface area contributed by atoms with Crippen molar-refractivity contribution in [1.29, 1.82) is 0 Å². The van der Waals surface area contributed by atoms with Crippen LogP contribution in [0, 0.1) is 11.8 Å². The summed E-state index contributed by atoms with van der Waals surface area (Å²) in [6, 6.07) is 14.4. The van der Waals surface area contributed by atoms with Gasteiger partial charge in [-0.05, 0) is 97.6 Å². The molecular formula is C30H44O6Si2. The van der Waals surface area contributed by atoms with Gasteiger partial charge in [-0.15, -0.1) is 0 Å². The van der Waals surface area contributed by atoms with Gasteiger partial charge in [0.2, 0.25) is 16.6 Å². The van der Waals surface area contributed by atoms with Crippen molar-refractivity contribution in [3.05, 3.63) is 48.5 Å². The maximum Gasteiger partial charge on any atom is 0.314 e. The molecule has 0 saturated heterocycles. The summed E-state index contributed by atoms with van der Waals surface area (Å²) in [6.07, 6.45) is 0.855. The highest BCUT2D eigenvalue weighted by molar-refractivity contribution is 6.75. The molecule has 1 aliphatic rings. The van der Waals surface area contributed by atoms with Crippen molar-refractivity contribution in [2.24, 2.45) is 11.8 Å². The quantitative estimate of drug-likeness (QED) is 0.186. The molecule has 0 heterocycles. The molecule has 8 heteroatoms. The summed E-state index contributed by atoms with van der Waals surface area (Å²) < 4.78 is 23.7. The van der Waals surface area contributed by atoms with Gasteiger partial charge in [-0.3, -0.25) is 9.59 Å². The Bertz CT molecular complexity index is 1030. The van der Waals surface area contributed by atoms with Crippen molar-refractivity contribution >= 4 is 28.6 Å². The van der Waals surface area contributed by atoms with Crippen LogP contribution in [0.2, 0.25) is 36.3 Å². The molecule has 0 unspecified atom stereocenters. The monoisotopic (exact) mass is 556 g/mol. The Kier molecular flexibility index (Phi) is 8.58. The van der Waals surface area contributed by atoms with Crippen molar-refractivity contribution in [2.45, 2.75) is 90.6 Å². The lowest BCUT2D eigenvalue weighted by atomic mass is 9.75. The molecule has 0 N–H and O–H groups in total. The molecule has 2 aromatic rings. The predicted molar refractivity (Wildman–Crippen MR) is 156 cm³/mol.